The Bertz CT molecular complexity index is 995. The fourth-order valence-electron chi connectivity index (χ4n) is 3.59. The van der Waals surface area contributed by atoms with E-state index in [2.05, 4.69) is 25.6 Å². The maximum atomic E-state index is 11.1. The molecule has 0 amide bonds. The Morgan fingerprint density at radius 1 is 1.25 bits per heavy atom. The number of aromatic nitrogens is 4. The van der Waals surface area contributed by atoms with Crippen LogP contribution in [0.3, 0.4) is 0 Å². The van der Waals surface area contributed by atoms with Gasteiger partial charge in [-0.15, -0.1) is 0 Å². The quantitative estimate of drug-likeness (QED) is 0.485. The lowest BCUT2D eigenvalue weighted by Crippen LogP contribution is -2.23. The summed E-state index contributed by atoms with van der Waals surface area (Å²) in [5.41, 5.74) is 1.99. The van der Waals surface area contributed by atoms with E-state index in [4.69, 9.17) is 0 Å². The Balaban J connectivity index is 1.70. The van der Waals surface area contributed by atoms with E-state index < -0.39 is 4.92 Å². The van der Waals surface area contributed by atoms with Crippen LogP contribution in [0.5, 0.6) is 0 Å². The zero-order chi connectivity index (χ0) is 19.5. The van der Waals surface area contributed by atoms with Crippen molar-refractivity contribution in [1.29, 1.82) is 0 Å². The Morgan fingerprint density at radius 3 is 2.82 bits per heavy atom. The monoisotopic (exact) mass is 381 g/mol. The van der Waals surface area contributed by atoms with Gasteiger partial charge in [-0.1, -0.05) is 25.3 Å². The molecule has 1 aromatic carbocycles. The van der Waals surface area contributed by atoms with E-state index in [1.807, 2.05) is 11.5 Å². The Kier molecular flexibility index (Phi) is 5.05. The van der Waals surface area contributed by atoms with Gasteiger partial charge >= 0.3 is 0 Å². The molecule has 1 aliphatic rings. The van der Waals surface area contributed by atoms with Gasteiger partial charge in [0.1, 0.15) is 0 Å². The molecule has 0 atom stereocenters. The van der Waals surface area contributed by atoms with Gasteiger partial charge in [0.25, 0.3) is 5.69 Å². The van der Waals surface area contributed by atoms with Crippen molar-refractivity contribution in [2.24, 2.45) is 0 Å². The summed E-state index contributed by atoms with van der Waals surface area (Å²) < 4.78 is 1.96. The van der Waals surface area contributed by atoms with Crippen molar-refractivity contribution in [3.63, 3.8) is 0 Å². The van der Waals surface area contributed by atoms with Crippen LogP contribution in [-0.2, 0) is 6.54 Å². The first-order valence-electron chi connectivity index (χ1n) is 9.65. The molecule has 0 unspecified atom stereocenters. The van der Waals surface area contributed by atoms with E-state index in [1.165, 1.54) is 31.4 Å². The summed E-state index contributed by atoms with van der Waals surface area (Å²) in [7, 11) is 0. The highest BCUT2D eigenvalue weighted by atomic mass is 16.6. The minimum atomic E-state index is -0.414. The zero-order valence-corrected chi connectivity index (χ0v) is 15.8. The second kappa shape index (κ2) is 7.79. The number of rotatable bonds is 6. The van der Waals surface area contributed by atoms with Crippen molar-refractivity contribution in [3.05, 3.63) is 40.7 Å². The summed E-state index contributed by atoms with van der Waals surface area (Å²) in [6.45, 7) is 2.78. The molecular weight excluding hydrogens is 358 g/mol. The van der Waals surface area contributed by atoms with Crippen molar-refractivity contribution < 1.29 is 4.92 Å². The van der Waals surface area contributed by atoms with Crippen LogP contribution in [-0.4, -0.2) is 30.5 Å². The van der Waals surface area contributed by atoms with Gasteiger partial charge in [0.15, 0.2) is 17.0 Å². The van der Waals surface area contributed by atoms with Crippen molar-refractivity contribution in [2.75, 3.05) is 10.6 Å². The summed E-state index contributed by atoms with van der Waals surface area (Å²) >= 11 is 0. The number of anilines is 3. The molecule has 9 heteroatoms. The smallest absolute Gasteiger partial charge is 0.271 e. The van der Waals surface area contributed by atoms with E-state index >= 15 is 0 Å². The third-order valence-corrected chi connectivity index (χ3v) is 5.06. The van der Waals surface area contributed by atoms with E-state index in [9.17, 15) is 10.1 Å². The second-order valence-electron chi connectivity index (χ2n) is 7.01. The van der Waals surface area contributed by atoms with Crippen LogP contribution >= 0.6 is 0 Å². The van der Waals surface area contributed by atoms with Gasteiger partial charge in [-0.25, -0.2) is 4.98 Å². The summed E-state index contributed by atoms with van der Waals surface area (Å²) in [5.74, 6) is 1.10. The number of nitrogens with one attached hydrogen (secondary N) is 2. The first kappa shape index (κ1) is 18.1. The van der Waals surface area contributed by atoms with Gasteiger partial charge in [-0.2, -0.15) is 9.97 Å². The fourth-order valence-corrected chi connectivity index (χ4v) is 3.59. The lowest BCUT2D eigenvalue weighted by atomic mass is 9.96. The van der Waals surface area contributed by atoms with Crippen LogP contribution < -0.4 is 10.6 Å². The largest absolute Gasteiger partial charge is 0.351 e. The molecule has 1 saturated carbocycles. The molecule has 0 spiro atoms. The lowest BCUT2D eigenvalue weighted by molar-refractivity contribution is -0.384. The lowest BCUT2D eigenvalue weighted by Gasteiger charge is -2.23. The summed E-state index contributed by atoms with van der Waals surface area (Å²) in [4.78, 5) is 24.4. The van der Waals surface area contributed by atoms with Crippen LogP contribution in [0, 0.1) is 10.1 Å². The highest BCUT2D eigenvalue weighted by Crippen LogP contribution is 2.27. The molecule has 1 fully saturated rings. The van der Waals surface area contributed by atoms with Crippen LogP contribution in [0.2, 0.25) is 0 Å². The third-order valence-electron chi connectivity index (χ3n) is 5.06. The number of hydrogen-bond donors (Lipinski definition) is 2. The van der Waals surface area contributed by atoms with Gasteiger partial charge in [-0.3, -0.25) is 10.1 Å². The molecule has 3 aromatic rings. The van der Waals surface area contributed by atoms with Crippen molar-refractivity contribution in [2.45, 2.75) is 51.6 Å². The predicted octanol–water partition coefficient (Wildman–Crippen LogP) is 4.24. The predicted molar refractivity (Wildman–Crippen MR) is 108 cm³/mol. The number of benzene rings is 1. The molecule has 146 valence electrons. The van der Waals surface area contributed by atoms with Crippen molar-refractivity contribution in [3.8, 4) is 0 Å². The molecule has 2 heterocycles. The van der Waals surface area contributed by atoms with E-state index in [0.29, 0.717) is 29.0 Å². The number of non-ortho nitro benzene ring substituents is 1. The van der Waals surface area contributed by atoms with Crippen molar-refractivity contribution in [1.82, 2.24) is 19.5 Å². The summed E-state index contributed by atoms with van der Waals surface area (Å²) in [6, 6.07) is 6.73. The third kappa shape index (κ3) is 3.73. The minimum absolute atomic E-state index is 0.0231. The topological polar surface area (TPSA) is 111 Å². The second-order valence-corrected chi connectivity index (χ2v) is 7.01. The maximum Gasteiger partial charge on any atom is 0.271 e. The average molecular weight is 381 g/mol. The number of nitro groups is 1. The zero-order valence-electron chi connectivity index (χ0n) is 15.8. The highest BCUT2D eigenvalue weighted by Gasteiger charge is 2.18. The summed E-state index contributed by atoms with van der Waals surface area (Å²) in [6.07, 6.45) is 7.67. The van der Waals surface area contributed by atoms with Gasteiger partial charge in [0.05, 0.1) is 11.3 Å². The number of aryl methyl sites for hydroxylation is 1. The fraction of sp³-hybridized carbons (Fsp3) is 0.421. The van der Waals surface area contributed by atoms with E-state index in [1.54, 1.807) is 18.5 Å². The molecule has 4 rings (SSSR count). The van der Waals surface area contributed by atoms with Gasteiger partial charge in [-0.05, 0) is 25.8 Å². The first-order chi connectivity index (χ1) is 13.6. The molecule has 9 nitrogen and oxygen atoms in total. The number of nitrogens with zero attached hydrogens (tertiary/aromatic N) is 5. The molecule has 0 aliphatic heterocycles. The number of fused-ring (bicyclic) bond motifs is 1. The molecule has 28 heavy (non-hydrogen) atoms. The van der Waals surface area contributed by atoms with Gasteiger partial charge < -0.3 is 15.2 Å². The average Bonchev–Trinajstić information content (AvgIpc) is 3.12. The normalized spacial score (nSPS) is 14.9. The summed E-state index contributed by atoms with van der Waals surface area (Å²) in [5, 5.41) is 17.7. The molecule has 0 bridgehead atoms. The standard InChI is InChI=1S/C19H23N7O2/c1-2-25-12-20-16-17(21-14-9-6-10-15(11-14)26(27)28)23-19(24-18(16)25)22-13-7-4-3-5-8-13/h6,9-13H,2-5,7-8H2,1H3,(H2,21,22,23,24). The van der Waals surface area contributed by atoms with Gasteiger partial charge in [0.2, 0.25) is 5.95 Å². The highest BCUT2D eigenvalue weighted by molar-refractivity contribution is 5.86. The molecule has 0 radical (unpaired) electrons. The molecule has 2 aromatic heterocycles. The van der Waals surface area contributed by atoms with Gasteiger partial charge in [0, 0.05) is 30.4 Å². The van der Waals surface area contributed by atoms with Crippen molar-refractivity contribution >= 4 is 34.3 Å². The molecular formula is C19H23N7O2. The van der Waals surface area contributed by atoms with E-state index in [-0.39, 0.29) is 5.69 Å². The van der Waals surface area contributed by atoms with Crippen LogP contribution in [0.15, 0.2) is 30.6 Å². The number of imidazole rings is 1. The Labute approximate surface area is 162 Å². The Hall–Kier alpha value is -3.23. The molecule has 0 saturated heterocycles. The van der Waals surface area contributed by atoms with Crippen LogP contribution in [0.1, 0.15) is 39.0 Å². The minimum Gasteiger partial charge on any atom is -0.351 e. The number of hydrogen-bond acceptors (Lipinski definition) is 7. The van der Waals surface area contributed by atoms with E-state index in [0.717, 1.165) is 25.0 Å². The van der Waals surface area contributed by atoms with Crippen LogP contribution in [0.4, 0.5) is 23.1 Å². The first-order valence-corrected chi connectivity index (χ1v) is 9.65. The SMILES string of the molecule is CCn1cnc2c(Nc3cccc([N+](=O)[O-])c3)nc(NC3CCCCC3)nc21. The molecule has 2 N–H and O–H groups in total. The maximum absolute atomic E-state index is 11.1. The Morgan fingerprint density at radius 2 is 2.07 bits per heavy atom. The molecule has 1 aliphatic carbocycles. The number of nitro benzene ring substituents is 1. The van der Waals surface area contributed by atoms with Crippen LogP contribution in [0.25, 0.3) is 11.2 Å².